The zero-order valence-electron chi connectivity index (χ0n) is 14.9. The molecule has 0 saturated carbocycles. The van der Waals surface area contributed by atoms with Crippen molar-refractivity contribution in [3.63, 3.8) is 0 Å². The van der Waals surface area contributed by atoms with E-state index < -0.39 is 10.0 Å². The van der Waals surface area contributed by atoms with Crippen molar-refractivity contribution in [1.82, 2.24) is 4.31 Å². The lowest BCUT2D eigenvalue weighted by Gasteiger charge is -2.14. The molecule has 1 unspecified atom stereocenters. The standard InChI is InChI=1S/C17H23N3O4S/c1-13-8-9-15(24-13)11-20(4)12-17(21)18-14-6-5-7-16(10-14)25(22,23)19(2)3/h5-10H,11-12H2,1-4H3,(H,18,21)/p+1. The minimum atomic E-state index is -3.53. The first-order valence-corrected chi connectivity index (χ1v) is 9.31. The first kappa shape index (κ1) is 19.2. The van der Waals surface area contributed by atoms with Gasteiger partial charge in [-0.15, -0.1) is 0 Å². The summed E-state index contributed by atoms with van der Waals surface area (Å²) in [5.74, 6) is 1.47. The van der Waals surface area contributed by atoms with Crippen LogP contribution in [-0.2, 0) is 21.4 Å². The highest BCUT2D eigenvalue weighted by molar-refractivity contribution is 7.89. The van der Waals surface area contributed by atoms with Gasteiger partial charge in [-0.05, 0) is 37.3 Å². The fraction of sp³-hybridized carbons (Fsp3) is 0.353. The van der Waals surface area contributed by atoms with Crippen LogP contribution >= 0.6 is 0 Å². The number of quaternary nitrogens is 1. The number of rotatable bonds is 7. The van der Waals surface area contributed by atoms with E-state index in [0.717, 1.165) is 20.7 Å². The van der Waals surface area contributed by atoms with Crippen LogP contribution in [0.2, 0.25) is 0 Å². The monoisotopic (exact) mass is 366 g/mol. The maximum Gasteiger partial charge on any atom is 0.279 e. The van der Waals surface area contributed by atoms with E-state index in [1.807, 2.05) is 26.1 Å². The number of benzene rings is 1. The van der Waals surface area contributed by atoms with Gasteiger partial charge in [-0.25, -0.2) is 12.7 Å². The number of nitrogens with one attached hydrogen (secondary N) is 2. The third kappa shape index (κ3) is 5.15. The molecule has 0 aliphatic rings. The fourth-order valence-corrected chi connectivity index (χ4v) is 3.31. The molecule has 1 amide bonds. The molecule has 0 spiro atoms. The molecule has 8 heteroatoms. The summed E-state index contributed by atoms with van der Waals surface area (Å²) in [5.41, 5.74) is 0.453. The Hall–Kier alpha value is -2.16. The number of nitrogens with zero attached hydrogens (tertiary/aromatic N) is 1. The minimum absolute atomic E-state index is 0.141. The van der Waals surface area contributed by atoms with Gasteiger partial charge in [-0.3, -0.25) is 4.79 Å². The lowest BCUT2D eigenvalue weighted by molar-refractivity contribution is -0.886. The van der Waals surface area contributed by atoms with Crippen LogP contribution in [0, 0.1) is 6.92 Å². The molecule has 0 aliphatic carbocycles. The Kier molecular flexibility index (Phi) is 5.99. The van der Waals surface area contributed by atoms with E-state index in [1.54, 1.807) is 12.1 Å². The average molecular weight is 366 g/mol. The number of likely N-dealkylation sites (N-methyl/N-ethyl adjacent to an activating group) is 1. The molecular weight excluding hydrogens is 342 g/mol. The van der Waals surface area contributed by atoms with Crippen molar-refractivity contribution in [2.24, 2.45) is 0 Å². The second kappa shape index (κ2) is 7.81. The third-order valence-electron chi connectivity index (χ3n) is 3.63. The van der Waals surface area contributed by atoms with Crippen molar-refractivity contribution in [3.05, 3.63) is 47.9 Å². The van der Waals surface area contributed by atoms with Gasteiger partial charge < -0.3 is 14.6 Å². The van der Waals surface area contributed by atoms with Gasteiger partial charge in [-0.2, -0.15) is 0 Å². The molecular formula is C17H24N3O4S+. The lowest BCUT2D eigenvalue weighted by Crippen LogP contribution is -3.08. The van der Waals surface area contributed by atoms with Gasteiger partial charge in [0.1, 0.15) is 12.3 Å². The van der Waals surface area contributed by atoms with Gasteiger partial charge >= 0.3 is 0 Å². The van der Waals surface area contributed by atoms with Crippen LogP contribution in [0.5, 0.6) is 0 Å². The maximum atomic E-state index is 12.2. The number of carbonyl (C=O) groups excluding carboxylic acids is 1. The average Bonchev–Trinajstić information content (AvgIpc) is 2.91. The van der Waals surface area contributed by atoms with Gasteiger partial charge in [-0.1, -0.05) is 6.07 Å². The van der Waals surface area contributed by atoms with Crippen molar-refractivity contribution >= 4 is 21.6 Å². The lowest BCUT2D eigenvalue weighted by atomic mass is 10.3. The second-order valence-corrected chi connectivity index (χ2v) is 8.34. The van der Waals surface area contributed by atoms with E-state index in [1.165, 1.54) is 26.2 Å². The Morgan fingerprint density at radius 1 is 1.24 bits per heavy atom. The SMILES string of the molecule is Cc1ccc(C[NH+](C)CC(=O)Nc2cccc(S(=O)(=O)N(C)C)c2)o1. The number of hydrogen-bond donors (Lipinski definition) is 2. The van der Waals surface area contributed by atoms with E-state index in [9.17, 15) is 13.2 Å². The topological polar surface area (TPSA) is 84.1 Å². The number of furan rings is 1. The van der Waals surface area contributed by atoms with Crippen LogP contribution in [0.4, 0.5) is 5.69 Å². The summed E-state index contributed by atoms with van der Waals surface area (Å²) in [6.07, 6.45) is 0. The predicted octanol–water partition coefficient (Wildman–Crippen LogP) is 0.492. The van der Waals surface area contributed by atoms with E-state index in [0.29, 0.717) is 12.2 Å². The molecule has 7 nitrogen and oxygen atoms in total. The molecule has 0 saturated heterocycles. The summed E-state index contributed by atoms with van der Waals surface area (Å²) < 4.78 is 30.9. The highest BCUT2D eigenvalue weighted by atomic mass is 32.2. The Morgan fingerprint density at radius 2 is 1.96 bits per heavy atom. The summed E-state index contributed by atoms with van der Waals surface area (Å²) in [6.45, 7) is 2.71. The quantitative estimate of drug-likeness (QED) is 0.747. The Bertz CT molecular complexity index is 843. The number of carbonyl (C=O) groups is 1. The van der Waals surface area contributed by atoms with Crippen LogP contribution in [0.25, 0.3) is 0 Å². The first-order valence-electron chi connectivity index (χ1n) is 7.87. The summed E-state index contributed by atoms with van der Waals surface area (Å²) >= 11 is 0. The summed E-state index contributed by atoms with van der Waals surface area (Å²) in [4.78, 5) is 13.3. The van der Waals surface area contributed by atoms with Crippen LogP contribution < -0.4 is 10.2 Å². The Morgan fingerprint density at radius 3 is 2.56 bits per heavy atom. The maximum absolute atomic E-state index is 12.2. The summed E-state index contributed by atoms with van der Waals surface area (Å²) in [5, 5.41) is 2.74. The normalized spacial score (nSPS) is 13.0. The predicted molar refractivity (Wildman–Crippen MR) is 94.8 cm³/mol. The van der Waals surface area contributed by atoms with E-state index >= 15 is 0 Å². The molecule has 2 aromatic rings. The number of sulfonamides is 1. The van der Waals surface area contributed by atoms with Crippen molar-refractivity contribution in [3.8, 4) is 0 Å². The molecule has 25 heavy (non-hydrogen) atoms. The number of hydrogen-bond acceptors (Lipinski definition) is 4. The van der Waals surface area contributed by atoms with E-state index in [2.05, 4.69) is 5.32 Å². The molecule has 0 aliphatic heterocycles. The molecule has 1 atom stereocenters. The summed E-state index contributed by atoms with van der Waals surface area (Å²) in [7, 11) is 1.30. The van der Waals surface area contributed by atoms with Crippen molar-refractivity contribution < 1.29 is 22.5 Å². The smallest absolute Gasteiger partial charge is 0.279 e. The van der Waals surface area contributed by atoms with E-state index in [-0.39, 0.29) is 17.3 Å². The molecule has 0 radical (unpaired) electrons. The number of amides is 1. The second-order valence-electron chi connectivity index (χ2n) is 6.19. The number of anilines is 1. The zero-order chi connectivity index (χ0) is 18.6. The Balaban J connectivity index is 1.98. The van der Waals surface area contributed by atoms with Crippen LogP contribution in [0.15, 0.2) is 45.7 Å². The van der Waals surface area contributed by atoms with Crippen molar-refractivity contribution in [2.45, 2.75) is 18.4 Å². The van der Waals surface area contributed by atoms with Gasteiger partial charge in [0.15, 0.2) is 12.3 Å². The van der Waals surface area contributed by atoms with Crippen molar-refractivity contribution in [2.75, 3.05) is 33.0 Å². The van der Waals surface area contributed by atoms with Crippen molar-refractivity contribution in [1.29, 1.82) is 0 Å². The highest BCUT2D eigenvalue weighted by Crippen LogP contribution is 2.17. The molecule has 1 aromatic carbocycles. The molecule has 0 bridgehead atoms. The van der Waals surface area contributed by atoms with E-state index in [4.69, 9.17) is 4.42 Å². The van der Waals surface area contributed by atoms with Crippen LogP contribution in [-0.4, -0.2) is 46.3 Å². The number of aryl methyl sites for hydroxylation is 1. The first-order chi connectivity index (χ1) is 11.7. The van der Waals surface area contributed by atoms with Gasteiger partial charge in [0.05, 0.1) is 11.9 Å². The fourth-order valence-electron chi connectivity index (χ4n) is 2.36. The molecule has 0 fully saturated rings. The molecule has 136 valence electrons. The Labute approximate surface area is 148 Å². The third-order valence-corrected chi connectivity index (χ3v) is 5.44. The van der Waals surface area contributed by atoms with Crippen LogP contribution in [0.3, 0.4) is 0 Å². The van der Waals surface area contributed by atoms with Gasteiger partial charge in [0, 0.05) is 19.8 Å². The van der Waals surface area contributed by atoms with Crippen LogP contribution in [0.1, 0.15) is 11.5 Å². The van der Waals surface area contributed by atoms with Gasteiger partial charge in [0.2, 0.25) is 10.0 Å². The molecule has 2 rings (SSSR count). The highest BCUT2D eigenvalue weighted by Gasteiger charge is 2.18. The summed E-state index contributed by atoms with van der Waals surface area (Å²) in [6, 6.07) is 10.0. The van der Waals surface area contributed by atoms with Gasteiger partial charge in [0.25, 0.3) is 5.91 Å². The molecule has 2 N–H and O–H groups in total. The minimum Gasteiger partial charge on any atom is -0.460 e. The molecule has 1 heterocycles. The zero-order valence-corrected chi connectivity index (χ0v) is 15.7. The molecule has 1 aromatic heterocycles. The largest absolute Gasteiger partial charge is 0.460 e.